The molecule has 0 aliphatic carbocycles. The van der Waals surface area contributed by atoms with E-state index in [0.717, 1.165) is 60.2 Å². The Kier molecular flexibility index (Phi) is 5.90. The molecule has 0 spiro atoms. The molecule has 0 radical (unpaired) electrons. The first kappa shape index (κ1) is 19.8. The van der Waals surface area contributed by atoms with Crippen LogP contribution in [0.4, 0.5) is 23.0 Å². The Balaban J connectivity index is 1.54. The SMILES string of the molecule is CC(=O)Nc1ccc(-c2nc(Nc3cccc(N4CCOCC4)c3)ncc2C)cc1. The fraction of sp³-hybridized carbons (Fsp3) is 0.261. The highest BCUT2D eigenvalue weighted by molar-refractivity contribution is 5.89. The third-order valence-corrected chi connectivity index (χ3v) is 4.93. The van der Waals surface area contributed by atoms with E-state index in [1.54, 1.807) is 0 Å². The van der Waals surface area contributed by atoms with Gasteiger partial charge in [-0.05, 0) is 42.8 Å². The maximum atomic E-state index is 11.2. The maximum Gasteiger partial charge on any atom is 0.227 e. The number of amides is 1. The zero-order valence-corrected chi connectivity index (χ0v) is 17.2. The first-order chi connectivity index (χ1) is 14.6. The number of benzene rings is 2. The van der Waals surface area contributed by atoms with Gasteiger partial charge in [-0.2, -0.15) is 0 Å². The second kappa shape index (κ2) is 8.92. The van der Waals surface area contributed by atoms with E-state index < -0.39 is 0 Å². The summed E-state index contributed by atoms with van der Waals surface area (Å²) in [4.78, 5) is 22.7. The summed E-state index contributed by atoms with van der Waals surface area (Å²) in [5, 5.41) is 6.10. The minimum absolute atomic E-state index is 0.0910. The normalized spacial score (nSPS) is 13.7. The Labute approximate surface area is 176 Å². The molecule has 154 valence electrons. The van der Waals surface area contributed by atoms with Crippen molar-refractivity contribution in [2.24, 2.45) is 0 Å². The van der Waals surface area contributed by atoms with Gasteiger partial charge in [-0.1, -0.05) is 18.2 Å². The minimum atomic E-state index is -0.0910. The molecule has 3 aromatic rings. The third kappa shape index (κ3) is 4.75. The molecule has 30 heavy (non-hydrogen) atoms. The van der Waals surface area contributed by atoms with Gasteiger partial charge >= 0.3 is 0 Å². The smallest absolute Gasteiger partial charge is 0.227 e. The number of aryl methyl sites for hydroxylation is 1. The molecule has 1 aliphatic rings. The summed E-state index contributed by atoms with van der Waals surface area (Å²) in [6, 6.07) is 15.9. The largest absolute Gasteiger partial charge is 0.378 e. The van der Waals surface area contributed by atoms with E-state index in [1.807, 2.05) is 49.5 Å². The molecule has 0 unspecified atom stereocenters. The number of aromatic nitrogens is 2. The summed E-state index contributed by atoms with van der Waals surface area (Å²) in [5.41, 5.74) is 5.66. The molecule has 0 bridgehead atoms. The van der Waals surface area contributed by atoms with Crippen LogP contribution in [0.15, 0.2) is 54.7 Å². The van der Waals surface area contributed by atoms with Crippen LogP contribution in [0.3, 0.4) is 0 Å². The molecule has 1 aromatic heterocycles. The molecule has 1 amide bonds. The topological polar surface area (TPSA) is 79.4 Å². The van der Waals surface area contributed by atoms with Gasteiger partial charge in [0.2, 0.25) is 11.9 Å². The quantitative estimate of drug-likeness (QED) is 0.671. The van der Waals surface area contributed by atoms with E-state index in [-0.39, 0.29) is 5.91 Å². The number of nitrogens with zero attached hydrogens (tertiary/aromatic N) is 3. The highest BCUT2D eigenvalue weighted by atomic mass is 16.5. The first-order valence-corrected chi connectivity index (χ1v) is 10.00. The van der Waals surface area contributed by atoms with E-state index in [1.165, 1.54) is 6.92 Å². The van der Waals surface area contributed by atoms with Crippen molar-refractivity contribution >= 4 is 28.9 Å². The molecular formula is C23H25N5O2. The van der Waals surface area contributed by atoms with Gasteiger partial charge in [0, 0.05) is 48.8 Å². The van der Waals surface area contributed by atoms with Crippen molar-refractivity contribution in [3.8, 4) is 11.3 Å². The van der Waals surface area contributed by atoms with Gasteiger partial charge in [0.05, 0.1) is 18.9 Å². The molecular weight excluding hydrogens is 378 g/mol. The number of ether oxygens (including phenoxy) is 1. The zero-order valence-electron chi connectivity index (χ0n) is 17.2. The summed E-state index contributed by atoms with van der Waals surface area (Å²) < 4.78 is 5.44. The van der Waals surface area contributed by atoms with Crippen molar-refractivity contribution in [1.82, 2.24) is 9.97 Å². The van der Waals surface area contributed by atoms with E-state index >= 15 is 0 Å². The third-order valence-electron chi connectivity index (χ3n) is 4.93. The summed E-state index contributed by atoms with van der Waals surface area (Å²) >= 11 is 0. The highest BCUT2D eigenvalue weighted by Crippen LogP contribution is 2.26. The average Bonchev–Trinajstić information content (AvgIpc) is 2.76. The van der Waals surface area contributed by atoms with Crippen LogP contribution in [0.5, 0.6) is 0 Å². The molecule has 2 heterocycles. The van der Waals surface area contributed by atoms with Crippen LogP contribution in [0.1, 0.15) is 12.5 Å². The van der Waals surface area contributed by atoms with E-state index in [2.05, 4.69) is 32.7 Å². The second-order valence-corrected chi connectivity index (χ2v) is 7.26. The Morgan fingerprint density at radius 3 is 2.57 bits per heavy atom. The summed E-state index contributed by atoms with van der Waals surface area (Å²) in [6.07, 6.45) is 1.82. The van der Waals surface area contributed by atoms with Crippen LogP contribution in [0.2, 0.25) is 0 Å². The van der Waals surface area contributed by atoms with Gasteiger partial charge < -0.3 is 20.3 Å². The van der Waals surface area contributed by atoms with Gasteiger partial charge in [-0.25, -0.2) is 9.97 Å². The van der Waals surface area contributed by atoms with Gasteiger partial charge in [0.25, 0.3) is 0 Å². The van der Waals surface area contributed by atoms with Gasteiger partial charge in [-0.15, -0.1) is 0 Å². The lowest BCUT2D eigenvalue weighted by Crippen LogP contribution is -2.36. The Hall–Kier alpha value is -3.45. The number of hydrogen-bond donors (Lipinski definition) is 2. The van der Waals surface area contributed by atoms with Crippen molar-refractivity contribution < 1.29 is 9.53 Å². The lowest BCUT2D eigenvalue weighted by atomic mass is 10.1. The number of nitrogens with one attached hydrogen (secondary N) is 2. The van der Waals surface area contributed by atoms with Gasteiger partial charge in [0.15, 0.2) is 0 Å². The van der Waals surface area contributed by atoms with Crippen molar-refractivity contribution in [3.63, 3.8) is 0 Å². The fourth-order valence-electron chi connectivity index (χ4n) is 3.44. The Bertz CT molecular complexity index is 1030. The maximum absolute atomic E-state index is 11.2. The molecule has 1 fully saturated rings. The van der Waals surface area contributed by atoms with Crippen molar-refractivity contribution in [2.75, 3.05) is 41.8 Å². The standard InChI is InChI=1S/C23H25N5O2/c1-16-15-24-23(27-22(16)18-6-8-19(9-7-18)25-17(2)29)26-20-4-3-5-21(14-20)28-10-12-30-13-11-28/h3-9,14-15H,10-13H2,1-2H3,(H,25,29)(H,24,26,27). The molecule has 1 saturated heterocycles. The Morgan fingerprint density at radius 2 is 1.83 bits per heavy atom. The van der Waals surface area contributed by atoms with Gasteiger partial charge in [0.1, 0.15) is 0 Å². The van der Waals surface area contributed by atoms with Crippen LogP contribution in [-0.2, 0) is 9.53 Å². The number of carbonyl (C=O) groups is 1. The summed E-state index contributed by atoms with van der Waals surface area (Å²) in [7, 11) is 0. The van der Waals surface area contributed by atoms with E-state index in [9.17, 15) is 4.79 Å². The second-order valence-electron chi connectivity index (χ2n) is 7.26. The minimum Gasteiger partial charge on any atom is -0.378 e. The molecule has 0 atom stereocenters. The van der Waals surface area contributed by atoms with Crippen LogP contribution in [0, 0.1) is 6.92 Å². The highest BCUT2D eigenvalue weighted by Gasteiger charge is 2.12. The number of hydrogen-bond acceptors (Lipinski definition) is 6. The molecule has 4 rings (SSSR count). The molecule has 2 N–H and O–H groups in total. The number of carbonyl (C=O) groups excluding carboxylic acids is 1. The molecule has 7 heteroatoms. The predicted molar refractivity (Wildman–Crippen MR) is 119 cm³/mol. The number of morpholine rings is 1. The monoisotopic (exact) mass is 403 g/mol. The van der Waals surface area contributed by atoms with Crippen molar-refractivity contribution in [1.29, 1.82) is 0 Å². The summed E-state index contributed by atoms with van der Waals surface area (Å²) in [5.74, 6) is 0.451. The molecule has 1 aliphatic heterocycles. The fourth-order valence-corrected chi connectivity index (χ4v) is 3.44. The lowest BCUT2D eigenvalue weighted by Gasteiger charge is -2.29. The van der Waals surface area contributed by atoms with Crippen molar-refractivity contribution in [2.45, 2.75) is 13.8 Å². The van der Waals surface area contributed by atoms with Crippen LogP contribution in [-0.4, -0.2) is 42.2 Å². The molecule has 7 nitrogen and oxygen atoms in total. The summed E-state index contributed by atoms with van der Waals surface area (Å²) in [6.45, 7) is 6.77. The van der Waals surface area contributed by atoms with Crippen LogP contribution >= 0.6 is 0 Å². The van der Waals surface area contributed by atoms with E-state index in [0.29, 0.717) is 5.95 Å². The van der Waals surface area contributed by atoms with E-state index in [4.69, 9.17) is 9.72 Å². The Morgan fingerprint density at radius 1 is 1.07 bits per heavy atom. The zero-order chi connectivity index (χ0) is 20.9. The van der Waals surface area contributed by atoms with Crippen LogP contribution in [0.25, 0.3) is 11.3 Å². The predicted octanol–water partition coefficient (Wildman–Crippen LogP) is 3.99. The number of rotatable bonds is 5. The van der Waals surface area contributed by atoms with Crippen molar-refractivity contribution in [3.05, 3.63) is 60.3 Å². The average molecular weight is 403 g/mol. The van der Waals surface area contributed by atoms with Crippen LogP contribution < -0.4 is 15.5 Å². The van der Waals surface area contributed by atoms with Gasteiger partial charge in [-0.3, -0.25) is 4.79 Å². The first-order valence-electron chi connectivity index (χ1n) is 10.00. The molecule has 0 saturated carbocycles. The molecule has 2 aromatic carbocycles. The lowest BCUT2D eigenvalue weighted by molar-refractivity contribution is -0.114. The number of anilines is 4.